The average molecular weight is 362 g/mol. The first-order chi connectivity index (χ1) is 11.1. The van der Waals surface area contributed by atoms with Crippen molar-refractivity contribution in [3.63, 3.8) is 0 Å². The molecule has 2 aromatic carbocycles. The Bertz CT molecular complexity index is 769. The van der Waals surface area contributed by atoms with Gasteiger partial charge in [0.15, 0.2) is 28.2 Å². The van der Waals surface area contributed by atoms with Crippen LogP contribution in [0.4, 0.5) is 27.6 Å². The van der Waals surface area contributed by atoms with Crippen LogP contribution >= 0.6 is 12.2 Å². The van der Waals surface area contributed by atoms with Gasteiger partial charge >= 0.3 is 6.18 Å². The van der Waals surface area contributed by atoms with Crippen molar-refractivity contribution in [2.75, 3.05) is 5.32 Å². The van der Waals surface area contributed by atoms with Crippen LogP contribution < -0.4 is 15.8 Å². The van der Waals surface area contributed by atoms with Crippen molar-refractivity contribution in [1.29, 1.82) is 0 Å². The minimum Gasteiger partial charge on any atom is -0.449 e. The Morgan fingerprint density at radius 2 is 1.71 bits per heavy atom. The van der Waals surface area contributed by atoms with E-state index in [9.17, 15) is 22.0 Å². The highest BCUT2D eigenvalue weighted by atomic mass is 32.1. The smallest absolute Gasteiger partial charge is 0.416 e. The number of nitrogens with one attached hydrogen (secondary N) is 1. The summed E-state index contributed by atoms with van der Waals surface area (Å²) in [4.78, 5) is 0. The number of benzene rings is 2. The minimum atomic E-state index is -4.87. The van der Waals surface area contributed by atoms with Crippen molar-refractivity contribution in [2.45, 2.75) is 13.1 Å². The number of halogens is 5. The number of anilines is 1. The van der Waals surface area contributed by atoms with Gasteiger partial charge in [0, 0.05) is 0 Å². The van der Waals surface area contributed by atoms with Crippen molar-refractivity contribution in [2.24, 2.45) is 5.73 Å². The molecular weight excluding hydrogens is 351 g/mol. The molecule has 0 aliphatic heterocycles. The summed E-state index contributed by atoms with van der Waals surface area (Å²) in [5.41, 5.74) is 4.90. The van der Waals surface area contributed by atoms with Crippen LogP contribution in [-0.4, -0.2) is 5.11 Å². The van der Waals surface area contributed by atoms with Gasteiger partial charge in [-0.25, -0.2) is 8.78 Å². The summed E-state index contributed by atoms with van der Waals surface area (Å²) in [5, 5.41) is 2.46. The number of nitrogens with two attached hydrogens (primary N) is 1. The van der Waals surface area contributed by atoms with E-state index in [1.807, 2.05) is 0 Å². The molecule has 0 aliphatic rings. The zero-order chi connectivity index (χ0) is 18.1. The molecule has 0 amide bonds. The molecule has 0 aliphatic carbocycles. The Morgan fingerprint density at radius 3 is 2.21 bits per heavy atom. The van der Waals surface area contributed by atoms with Gasteiger partial charge in [-0.1, -0.05) is 6.07 Å². The molecule has 0 saturated heterocycles. The van der Waals surface area contributed by atoms with E-state index < -0.39 is 29.1 Å². The first-order valence-corrected chi connectivity index (χ1v) is 6.90. The standard InChI is InChI=1S/C15H11F5N2OS/c1-7-2-3-12(11(4-7)22-14(21)24)23-13-9(16)5-8(6-10(13)17)15(18,19)20/h2-6H,1H3,(H3,21,22,24). The molecule has 0 atom stereocenters. The summed E-state index contributed by atoms with van der Waals surface area (Å²) in [5.74, 6) is -3.97. The second-order valence-corrected chi connectivity index (χ2v) is 5.30. The fraction of sp³-hybridized carbons (Fsp3) is 0.133. The second kappa shape index (κ2) is 6.60. The van der Waals surface area contributed by atoms with E-state index >= 15 is 0 Å². The van der Waals surface area contributed by atoms with Gasteiger partial charge in [-0.2, -0.15) is 13.2 Å². The van der Waals surface area contributed by atoms with E-state index in [2.05, 4.69) is 5.32 Å². The molecule has 0 aromatic heterocycles. The van der Waals surface area contributed by atoms with Crippen molar-refractivity contribution < 1.29 is 26.7 Å². The highest BCUT2D eigenvalue weighted by Crippen LogP contribution is 2.37. The minimum absolute atomic E-state index is 0.0500. The summed E-state index contributed by atoms with van der Waals surface area (Å²) in [6, 6.07) is 4.83. The Kier molecular flexibility index (Phi) is 4.93. The Hall–Kier alpha value is -2.42. The fourth-order valence-electron chi connectivity index (χ4n) is 1.89. The molecule has 0 heterocycles. The number of ether oxygens (including phenoxy) is 1. The summed E-state index contributed by atoms with van der Waals surface area (Å²) >= 11 is 4.69. The molecule has 0 radical (unpaired) electrons. The van der Waals surface area contributed by atoms with E-state index in [0.29, 0.717) is 0 Å². The zero-order valence-corrected chi connectivity index (χ0v) is 13.0. The third-order valence-electron chi connectivity index (χ3n) is 2.93. The Labute approximate surface area is 139 Å². The van der Waals surface area contributed by atoms with Crippen LogP contribution in [0.25, 0.3) is 0 Å². The lowest BCUT2D eigenvalue weighted by atomic mass is 10.2. The number of rotatable bonds is 3. The molecule has 0 fully saturated rings. The van der Waals surface area contributed by atoms with Crippen molar-refractivity contribution >= 4 is 23.0 Å². The predicted octanol–water partition coefficient (Wildman–Crippen LogP) is 4.74. The van der Waals surface area contributed by atoms with Gasteiger partial charge in [0.25, 0.3) is 0 Å². The fourth-order valence-corrected chi connectivity index (χ4v) is 2.00. The van der Waals surface area contributed by atoms with E-state index in [1.54, 1.807) is 19.1 Å². The lowest BCUT2D eigenvalue weighted by molar-refractivity contribution is -0.138. The molecule has 0 spiro atoms. The first kappa shape index (κ1) is 17.9. The Balaban J connectivity index is 2.44. The van der Waals surface area contributed by atoms with Crippen molar-refractivity contribution in [1.82, 2.24) is 0 Å². The van der Waals surface area contributed by atoms with E-state index in [1.165, 1.54) is 6.07 Å². The number of aryl methyl sites for hydroxylation is 1. The SMILES string of the molecule is Cc1ccc(Oc2c(F)cc(C(F)(F)F)cc2F)c(NC(N)=S)c1. The highest BCUT2D eigenvalue weighted by Gasteiger charge is 2.33. The van der Waals surface area contributed by atoms with Crippen LogP contribution in [0.1, 0.15) is 11.1 Å². The van der Waals surface area contributed by atoms with Crippen LogP contribution in [0.2, 0.25) is 0 Å². The quantitative estimate of drug-likeness (QED) is 0.612. The largest absolute Gasteiger partial charge is 0.449 e. The molecular formula is C15H11F5N2OS. The molecule has 24 heavy (non-hydrogen) atoms. The lowest BCUT2D eigenvalue weighted by Crippen LogP contribution is -2.19. The van der Waals surface area contributed by atoms with Crippen molar-refractivity contribution in [3.05, 3.63) is 53.1 Å². The molecule has 128 valence electrons. The third kappa shape index (κ3) is 4.10. The molecule has 0 bridgehead atoms. The first-order valence-electron chi connectivity index (χ1n) is 6.49. The average Bonchev–Trinajstić information content (AvgIpc) is 2.43. The topological polar surface area (TPSA) is 47.3 Å². The van der Waals surface area contributed by atoms with Crippen LogP contribution in [0.15, 0.2) is 30.3 Å². The molecule has 2 aromatic rings. The third-order valence-corrected chi connectivity index (χ3v) is 3.03. The van der Waals surface area contributed by atoms with E-state index in [4.69, 9.17) is 22.7 Å². The number of hydrogen-bond donors (Lipinski definition) is 2. The maximum atomic E-state index is 13.9. The van der Waals surface area contributed by atoms with Crippen LogP contribution in [-0.2, 0) is 6.18 Å². The van der Waals surface area contributed by atoms with E-state index in [0.717, 1.165) is 5.56 Å². The molecule has 9 heteroatoms. The van der Waals surface area contributed by atoms with Crippen molar-refractivity contribution in [3.8, 4) is 11.5 Å². The Morgan fingerprint density at radius 1 is 1.12 bits per heavy atom. The van der Waals surface area contributed by atoms with Gasteiger partial charge in [-0.15, -0.1) is 0 Å². The molecule has 3 nitrogen and oxygen atoms in total. The maximum Gasteiger partial charge on any atom is 0.416 e. The lowest BCUT2D eigenvalue weighted by Gasteiger charge is -2.15. The number of alkyl halides is 3. The summed E-state index contributed by atoms with van der Waals surface area (Å²) in [6.45, 7) is 1.74. The van der Waals surface area contributed by atoms with Gasteiger partial charge in [-0.05, 0) is 49.0 Å². The molecule has 0 saturated carbocycles. The van der Waals surface area contributed by atoms with Gasteiger partial charge in [0.1, 0.15) is 0 Å². The maximum absolute atomic E-state index is 13.9. The zero-order valence-electron chi connectivity index (χ0n) is 12.2. The molecule has 3 N–H and O–H groups in total. The van der Waals surface area contributed by atoms with Gasteiger partial charge in [0.05, 0.1) is 11.3 Å². The van der Waals surface area contributed by atoms with Crippen LogP contribution in [0.5, 0.6) is 11.5 Å². The van der Waals surface area contributed by atoms with Crippen LogP contribution in [0.3, 0.4) is 0 Å². The summed E-state index contributed by atoms with van der Waals surface area (Å²) in [7, 11) is 0. The number of thiocarbonyl (C=S) groups is 1. The molecule has 2 rings (SSSR count). The normalized spacial score (nSPS) is 11.2. The van der Waals surface area contributed by atoms with Gasteiger partial charge in [0.2, 0.25) is 0 Å². The monoisotopic (exact) mass is 362 g/mol. The van der Waals surface area contributed by atoms with Crippen LogP contribution in [0, 0.1) is 18.6 Å². The van der Waals surface area contributed by atoms with Gasteiger partial charge < -0.3 is 15.8 Å². The highest BCUT2D eigenvalue weighted by molar-refractivity contribution is 7.80. The second-order valence-electron chi connectivity index (χ2n) is 4.86. The van der Waals surface area contributed by atoms with Gasteiger partial charge in [-0.3, -0.25) is 0 Å². The predicted molar refractivity (Wildman–Crippen MR) is 83.0 cm³/mol. The number of hydrogen-bond acceptors (Lipinski definition) is 2. The molecule has 0 unspecified atom stereocenters. The summed E-state index contributed by atoms with van der Waals surface area (Å²) in [6.07, 6.45) is -4.87. The summed E-state index contributed by atoms with van der Waals surface area (Å²) < 4.78 is 70.5. The van der Waals surface area contributed by atoms with E-state index in [-0.39, 0.29) is 28.7 Å².